The molecule has 0 radical (unpaired) electrons. The summed E-state index contributed by atoms with van der Waals surface area (Å²) in [7, 11) is -2.46. The van der Waals surface area contributed by atoms with Crippen LogP contribution in [0, 0.1) is 11.8 Å². The number of aliphatic hydroxyl groups is 1. The molecule has 0 aliphatic heterocycles. The summed E-state index contributed by atoms with van der Waals surface area (Å²) in [5.41, 5.74) is 0. The van der Waals surface area contributed by atoms with E-state index in [0.717, 1.165) is 6.42 Å². The second kappa shape index (κ2) is 8.13. The second-order valence-electron chi connectivity index (χ2n) is 8.73. The molecule has 0 saturated heterocycles. The molecule has 1 aliphatic carbocycles. The average molecular weight is 381 g/mol. The number of aliphatic hydroxyl groups excluding tert-OH is 1. The highest BCUT2D eigenvalue weighted by molar-refractivity contribution is 6.99. The van der Waals surface area contributed by atoms with Crippen molar-refractivity contribution in [2.24, 2.45) is 11.8 Å². The molecule has 0 aromatic heterocycles. The van der Waals surface area contributed by atoms with Gasteiger partial charge >= 0.3 is 0 Å². The highest BCUT2D eigenvalue weighted by Crippen LogP contribution is 2.44. The molecule has 3 atom stereocenters. The van der Waals surface area contributed by atoms with E-state index in [4.69, 9.17) is 4.43 Å². The van der Waals surface area contributed by atoms with E-state index < -0.39 is 8.32 Å². The predicted molar refractivity (Wildman–Crippen MR) is 116 cm³/mol. The smallest absolute Gasteiger partial charge is 0.261 e. The van der Waals surface area contributed by atoms with Gasteiger partial charge in [-0.05, 0) is 40.1 Å². The standard InChI is InChI=1S/C24H32O2Si/c1-5-12-23(25)22-17-19(22)18-26-27(24(2,3)4,20-13-8-6-9-14-20)21-15-10-7-11-16-21/h5-11,13-16,19,22-23,25H,1,12,17-18H2,2-4H3/t19-,22+,23-/m0/s1. The number of benzene rings is 2. The zero-order chi connectivity index (χ0) is 19.5. The van der Waals surface area contributed by atoms with Gasteiger partial charge in [0.15, 0.2) is 0 Å². The van der Waals surface area contributed by atoms with E-state index in [9.17, 15) is 5.11 Å². The molecule has 27 heavy (non-hydrogen) atoms. The molecule has 1 N–H and O–H groups in total. The van der Waals surface area contributed by atoms with Crippen molar-refractivity contribution in [3.8, 4) is 0 Å². The van der Waals surface area contributed by atoms with Crippen LogP contribution in [0.5, 0.6) is 0 Å². The van der Waals surface area contributed by atoms with Crippen LogP contribution < -0.4 is 10.4 Å². The van der Waals surface area contributed by atoms with Crippen molar-refractivity contribution in [2.75, 3.05) is 6.61 Å². The van der Waals surface area contributed by atoms with Crippen LogP contribution in [-0.4, -0.2) is 26.1 Å². The molecular formula is C24H32O2Si. The first-order valence-electron chi connectivity index (χ1n) is 9.94. The van der Waals surface area contributed by atoms with Gasteiger partial charge in [0.1, 0.15) is 0 Å². The lowest BCUT2D eigenvalue weighted by atomic mass is 10.1. The first kappa shape index (κ1) is 20.1. The third-order valence-electron chi connectivity index (χ3n) is 5.81. The summed E-state index contributed by atoms with van der Waals surface area (Å²) in [5.74, 6) is 0.794. The summed E-state index contributed by atoms with van der Waals surface area (Å²) in [6.45, 7) is 11.4. The quantitative estimate of drug-likeness (QED) is 0.551. The molecule has 2 aromatic carbocycles. The van der Waals surface area contributed by atoms with E-state index in [2.05, 4.69) is 88.0 Å². The zero-order valence-corrected chi connectivity index (χ0v) is 17.8. The molecule has 0 spiro atoms. The maximum atomic E-state index is 10.3. The largest absolute Gasteiger partial charge is 0.407 e. The molecule has 3 rings (SSSR count). The normalized spacial score (nSPS) is 20.9. The summed E-state index contributed by atoms with van der Waals surface area (Å²) in [6, 6.07) is 21.5. The van der Waals surface area contributed by atoms with Crippen LogP contribution >= 0.6 is 0 Å². The zero-order valence-electron chi connectivity index (χ0n) is 16.8. The van der Waals surface area contributed by atoms with Crippen LogP contribution in [0.4, 0.5) is 0 Å². The average Bonchev–Trinajstić information content (AvgIpc) is 3.43. The fourth-order valence-corrected chi connectivity index (χ4v) is 8.89. The molecular weight excluding hydrogens is 348 g/mol. The Morgan fingerprint density at radius 2 is 1.59 bits per heavy atom. The molecule has 1 fully saturated rings. The highest BCUT2D eigenvalue weighted by atomic mass is 28.4. The molecule has 3 heteroatoms. The minimum atomic E-state index is -2.46. The summed E-state index contributed by atoms with van der Waals surface area (Å²) in [4.78, 5) is 0. The van der Waals surface area contributed by atoms with Gasteiger partial charge in [-0.1, -0.05) is 87.5 Å². The van der Waals surface area contributed by atoms with Crippen molar-refractivity contribution in [2.45, 2.75) is 44.8 Å². The topological polar surface area (TPSA) is 29.5 Å². The van der Waals surface area contributed by atoms with E-state index in [1.165, 1.54) is 10.4 Å². The van der Waals surface area contributed by atoms with Crippen LogP contribution in [0.2, 0.25) is 5.04 Å². The minimum absolute atomic E-state index is 0.000173. The molecule has 0 unspecified atom stereocenters. The molecule has 2 aromatic rings. The summed E-state index contributed by atoms with van der Waals surface area (Å²) < 4.78 is 6.95. The van der Waals surface area contributed by atoms with Crippen LogP contribution in [0.15, 0.2) is 73.3 Å². The number of hydrogen-bond donors (Lipinski definition) is 1. The fourth-order valence-electron chi connectivity index (χ4n) is 4.27. The molecule has 1 aliphatic rings. The molecule has 0 bridgehead atoms. The van der Waals surface area contributed by atoms with Crippen LogP contribution in [0.25, 0.3) is 0 Å². The first-order chi connectivity index (χ1) is 12.9. The predicted octanol–water partition coefficient (Wildman–Crippen LogP) is 4.14. The third kappa shape index (κ3) is 4.10. The minimum Gasteiger partial charge on any atom is -0.407 e. The lowest BCUT2D eigenvalue weighted by Crippen LogP contribution is -2.66. The summed E-state index contributed by atoms with van der Waals surface area (Å²) in [6.07, 6.45) is 3.24. The Kier molecular flexibility index (Phi) is 6.04. The van der Waals surface area contributed by atoms with E-state index >= 15 is 0 Å². The number of hydrogen-bond acceptors (Lipinski definition) is 2. The molecule has 144 valence electrons. The Bertz CT molecular complexity index is 696. The van der Waals surface area contributed by atoms with Gasteiger partial charge < -0.3 is 9.53 Å². The Hall–Kier alpha value is -1.68. The van der Waals surface area contributed by atoms with Gasteiger partial charge in [-0.25, -0.2) is 0 Å². The van der Waals surface area contributed by atoms with Gasteiger partial charge in [-0.2, -0.15) is 0 Å². The van der Waals surface area contributed by atoms with E-state index in [1.54, 1.807) is 0 Å². The summed E-state index contributed by atoms with van der Waals surface area (Å²) in [5, 5.41) is 12.9. The fraction of sp³-hybridized carbons (Fsp3) is 0.417. The van der Waals surface area contributed by atoms with Gasteiger partial charge in [-0.15, -0.1) is 6.58 Å². The maximum Gasteiger partial charge on any atom is 0.261 e. The van der Waals surface area contributed by atoms with Gasteiger partial charge in [0.25, 0.3) is 8.32 Å². The molecule has 1 saturated carbocycles. The maximum absolute atomic E-state index is 10.3. The van der Waals surface area contributed by atoms with E-state index in [1.807, 2.05) is 6.08 Å². The van der Waals surface area contributed by atoms with Crippen LogP contribution in [0.3, 0.4) is 0 Å². The van der Waals surface area contributed by atoms with E-state index in [0.29, 0.717) is 24.9 Å². The molecule has 2 nitrogen and oxygen atoms in total. The van der Waals surface area contributed by atoms with Crippen LogP contribution in [-0.2, 0) is 4.43 Å². The second-order valence-corrected chi connectivity index (χ2v) is 13.0. The number of rotatable bonds is 8. The van der Waals surface area contributed by atoms with E-state index in [-0.39, 0.29) is 11.1 Å². The van der Waals surface area contributed by atoms with Crippen molar-refractivity contribution >= 4 is 18.7 Å². The Balaban J connectivity index is 1.92. The van der Waals surface area contributed by atoms with Gasteiger partial charge in [0, 0.05) is 6.61 Å². The lowest BCUT2D eigenvalue weighted by molar-refractivity contribution is 0.140. The summed E-state index contributed by atoms with van der Waals surface area (Å²) >= 11 is 0. The highest BCUT2D eigenvalue weighted by Gasteiger charge is 2.52. The van der Waals surface area contributed by atoms with Crippen LogP contribution in [0.1, 0.15) is 33.6 Å². The SMILES string of the molecule is C=CC[C@H](O)[C@@H]1C[C@H]1CO[Si](c1ccccc1)(c1ccccc1)C(C)(C)C. The molecule has 0 heterocycles. The van der Waals surface area contributed by atoms with Gasteiger partial charge in [-0.3, -0.25) is 0 Å². The Morgan fingerprint density at radius 1 is 1.07 bits per heavy atom. The Labute approximate surface area is 165 Å². The first-order valence-corrected chi connectivity index (χ1v) is 11.8. The van der Waals surface area contributed by atoms with Crippen molar-refractivity contribution in [1.82, 2.24) is 0 Å². The van der Waals surface area contributed by atoms with Crippen molar-refractivity contribution in [1.29, 1.82) is 0 Å². The monoisotopic (exact) mass is 380 g/mol. The lowest BCUT2D eigenvalue weighted by Gasteiger charge is -2.43. The van der Waals surface area contributed by atoms with Gasteiger partial charge in [0.05, 0.1) is 6.10 Å². The van der Waals surface area contributed by atoms with Crippen molar-refractivity contribution in [3.63, 3.8) is 0 Å². The van der Waals surface area contributed by atoms with Gasteiger partial charge in [0.2, 0.25) is 0 Å². The molecule has 0 amide bonds. The van der Waals surface area contributed by atoms with Crippen molar-refractivity contribution in [3.05, 3.63) is 73.3 Å². The third-order valence-corrected chi connectivity index (χ3v) is 10.8. The van der Waals surface area contributed by atoms with Crippen molar-refractivity contribution < 1.29 is 9.53 Å². The Morgan fingerprint density at radius 3 is 2.04 bits per heavy atom.